The van der Waals surface area contributed by atoms with Gasteiger partial charge in [-0.15, -0.1) is 0 Å². The molecule has 2 N–H and O–H groups in total. The maximum Gasteiger partial charge on any atom is 0.410 e. The Hall–Kier alpha value is -5.24. The first kappa shape index (κ1) is 25.7. The molecule has 1 fully saturated rings. The van der Waals surface area contributed by atoms with Gasteiger partial charge in [0.05, 0.1) is 34.8 Å². The van der Waals surface area contributed by atoms with Crippen molar-refractivity contribution in [2.45, 2.75) is 25.4 Å². The van der Waals surface area contributed by atoms with Crippen molar-refractivity contribution in [3.05, 3.63) is 115 Å². The lowest BCUT2D eigenvalue weighted by molar-refractivity contribution is 0.0866. The molecule has 1 saturated heterocycles. The van der Waals surface area contributed by atoms with Crippen LogP contribution >= 0.6 is 0 Å². The number of amides is 1. The second kappa shape index (κ2) is 11.0. The number of fused-ring (bicyclic) bond motifs is 2. The number of rotatable bonds is 5. The molecule has 0 atom stereocenters. The number of nitrogens with two attached hydrogens (primary N) is 1. The second-order valence-electron chi connectivity index (χ2n) is 10.6. The van der Waals surface area contributed by atoms with Gasteiger partial charge >= 0.3 is 6.09 Å². The minimum absolute atomic E-state index is 0.136. The number of nitrogen functional groups attached to an aromatic ring is 1. The van der Waals surface area contributed by atoms with Crippen LogP contribution in [0.4, 0.5) is 10.6 Å². The maximum atomic E-state index is 12.7. The maximum absolute atomic E-state index is 12.7. The molecular weight excluding hydrogens is 524 g/mol. The minimum atomic E-state index is -0.284. The van der Waals surface area contributed by atoms with Gasteiger partial charge in [0, 0.05) is 35.5 Å². The summed E-state index contributed by atoms with van der Waals surface area (Å²) in [5.74, 6) is 1.57. The van der Waals surface area contributed by atoms with Crippen molar-refractivity contribution in [2.75, 3.05) is 18.8 Å². The molecule has 0 spiro atoms. The van der Waals surface area contributed by atoms with Gasteiger partial charge in [0.15, 0.2) is 0 Å². The van der Waals surface area contributed by atoms with Crippen molar-refractivity contribution in [1.29, 1.82) is 0 Å². The third-order valence-corrected chi connectivity index (χ3v) is 7.96. The lowest BCUT2D eigenvalue weighted by Gasteiger charge is -2.30. The number of imidazole rings is 1. The first-order valence-electron chi connectivity index (χ1n) is 14.2. The number of hydrogen-bond acceptors (Lipinski definition) is 6. The zero-order valence-corrected chi connectivity index (χ0v) is 23.1. The Bertz CT molecular complexity index is 1880. The Balaban J connectivity index is 1.16. The highest BCUT2D eigenvalue weighted by Crippen LogP contribution is 2.35. The molecule has 1 amide bonds. The fourth-order valence-electron chi connectivity index (χ4n) is 5.73. The molecule has 8 nitrogen and oxygen atoms in total. The van der Waals surface area contributed by atoms with Crippen LogP contribution in [0.1, 0.15) is 30.1 Å². The van der Waals surface area contributed by atoms with Crippen molar-refractivity contribution in [3.63, 3.8) is 0 Å². The third-order valence-electron chi connectivity index (χ3n) is 7.96. The Morgan fingerprint density at radius 1 is 0.857 bits per heavy atom. The summed E-state index contributed by atoms with van der Waals surface area (Å²) in [5, 5.41) is 1.06. The summed E-state index contributed by atoms with van der Waals surface area (Å²) in [4.78, 5) is 29.0. The molecule has 208 valence electrons. The normalized spacial score (nSPS) is 14.0. The molecule has 0 aliphatic carbocycles. The summed E-state index contributed by atoms with van der Waals surface area (Å²) in [6, 6.07) is 30.3. The van der Waals surface area contributed by atoms with Gasteiger partial charge in [0.25, 0.3) is 0 Å². The number of likely N-dealkylation sites (tertiary alicyclic amines) is 1. The van der Waals surface area contributed by atoms with Crippen LogP contribution in [0.2, 0.25) is 0 Å². The molecule has 1 aliphatic heterocycles. The van der Waals surface area contributed by atoms with Gasteiger partial charge < -0.3 is 15.4 Å². The number of aromatic nitrogens is 4. The van der Waals surface area contributed by atoms with Crippen molar-refractivity contribution in [1.82, 2.24) is 24.3 Å². The van der Waals surface area contributed by atoms with Crippen LogP contribution in [0, 0.1) is 0 Å². The second-order valence-corrected chi connectivity index (χ2v) is 10.6. The van der Waals surface area contributed by atoms with E-state index in [1.54, 1.807) is 11.1 Å². The van der Waals surface area contributed by atoms with Crippen LogP contribution in [0.5, 0.6) is 0 Å². The molecule has 8 heteroatoms. The topological polar surface area (TPSA) is 98.6 Å². The van der Waals surface area contributed by atoms with Crippen LogP contribution in [-0.4, -0.2) is 43.4 Å². The summed E-state index contributed by atoms with van der Waals surface area (Å²) < 4.78 is 7.57. The number of carbonyl (C=O) groups is 1. The standard InChI is InChI=1S/C34H30N6O2/c35-31-21-36-20-30-32(27-12-11-25-13-14-28(37-29(25)19-27)24-9-5-2-6-10-24)38-33(40(30)31)26-15-17-39(18-16-26)34(41)42-22-23-7-3-1-4-8-23/h1-14,19-21,26H,15-18,22,35H2. The highest BCUT2D eigenvalue weighted by molar-refractivity contribution is 5.89. The smallest absolute Gasteiger partial charge is 0.410 e. The first-order chi connectivity index (χ1) is 20.6. The van der Waals surface area contributed by atoms with Crippen LogP contribution < -0.4 is 5.73 Å². The van der Waals surface area contributed by atoms with Crippen LogP contribution in [-0.2, 0) is 11.3 Å². The lowest BCUT2D eigenvalue weighted by Crippen LogP contribution is -2.38. The lowest BCUT2D eigenvalue weighted by atomic mass is 9.96. The monoisotopic (exact) mass is 554 g/mol. The van der Waals surface area contributed by atoms with E-state index in [-0.39, 0.29) is 18.6 Å². The number of carbonyl (C=O) groups excluding carboxylic acids is 1. The number of benzene rings is 3. The number of nitrogens with zero attached hydrogens (tertiary/aromatic N) is 5. The Labute approximate surface area is 243 Å². The molecule has 0 saturated carbocycles. The van der Waals surface area contributed by atoms with E-state index in [1.165, 1.54) is 0 Å². The van der Waals surface area contributed by atoms with Gasteiger partial charge in [-0.05, 0) is 30.5 Å². The third kappa shape index (κ3) is 4.92. The predicted molar refractivity (Wildman–Crippen MR) is 164 cm³/mol. The average Bonchev–Trinajstić information content (AvgIpc) is 3.45. The van der Waals surface area contributed by atoms with E-state index in [0.717, 1.165) is 63.2 Å². The molecule has 4 heterocycles. The molecule has 3 aromatic heterocycles. The van der Waals surface area contributed by atoms with E-state index in [4.69, 9.17) is 20.4 Å². The molecule has 6 aromatic rings. The minimum Gasteiger partial charge on any atom is -0.445 e. The summed E-state index contributed by atoms with van der Waals surface area (Å²) >= 11 is 0. The summed E-state index contributed by atoms with van der Waals surface area (Å²) in [6.07, 6.45) is 4.72. The van der Waals surface area contributed by atoms with Crippen molar-refractivity contribution < 1.29 is 9.53 Å². The molecule has 42 heavy (non-hydrogen) atoms. The summed E-state index contributed by atoms with van der Waals surface area (Å²) in [7, 11) is 0. The van der Waals surface area contributed by atoms with E-state index < -0.39 is 0 Å². The van der Waals surface area contributed by atoms with Gasteiger partial charge in [-0.25, -0.2) is 14.8 Å². The number of piperidine rings is 1. The van der Waals surface area contributed by atoms with Gasteiger partial charge in [-0.2, -0.15) is 0 Å². The molecule has 0 bridgehead atoms. The van der Waals surface area contributed by atoms with Crippen LogP contribution in [0.15, 0.2) is 103 Å². The molecule has 3 aromatic carbocycles. The van der Waals surface area contributed by atoms with E-state index >= 15 is 0 Å². The zero-order chi connectivity index (χ0) is 28.5. The molecule has 0 unspecified atom stereocenters. The largest absolute Gasteiger partial charge is 0.445 e. The zero-order valence-electron chi connectivity index (χ0n) is 23.1. The van der Waals surface area contributed by atoms with Crippen molar-refractivity contribution in [3.8, 4) is 22.5 Å². The van der Waals surface area contributed by atoms with Crippen LogP contribution in [0.3, 0.4) is 0 Å². The van der Waals surface area contributed by atoms with Gasteiger partial charge in [0.1, 0.15) is 18.2 Å². The molecule has 1 aliphatic rings. The van der Waals surface area contributed by atoms with E-state index in [1.807, 2.05) is 59.1 Å². The molecule has 7 rings (SSSR count). The Kier molecular flexibility index (Phi) is 6.71. The fourth-order valence-corrected chi connectivity index (χ4v) is 5.73. The highest BCUT2D eigenvalue weighted by Gasteiger charge is 2.29. The van der Waals surface area contributed by atoms with E-state index in [2.05, 4.69) is 47.4 Å². The van der Waals surface area contributed by atoms with E-state index in [0.29, 0.717) is 18.9 Å². The first-order valence-corrected chi connectivity index (χ1v) is 14.2. The van der Waals surface area contributed by atoms with Crippen molar-refractivity contribution >= 4 is 28.3 Å². The predicted octanol–water partition coefficient (Wildman–Crippen LogP) is 6.71. The van der Waals surface area contributed by atoms with E-state index in [9.17, 15) is 4.79 Å². The number of pyridine rings is 1. The number of hydrogen-bond donors (Lipinski definition) is 1. The number of ether oxygens (including phenoxy) is 1. The SMILES string of the molecule is Nc1cncc2c(-c3ccc4ccc(-c5ccccc5)nc4c3)nc(C3CCN(C(=O)OCc4ccccc4)CC3)n12. The quantitative estimate of drug-likeness (QED) is 0.254. The average molecular weight is 555 g/mol. The van der Waals surface area contributed by atoms with Crippen LogP contribution in [0.25, 0.3) is 38.9 Å². The molecular formula is C34H30N6O2. The van der Waals surface area contributed by atoms with Gasteiger partial charge in [0.2, 0.25) is 0 Å². The molecule has 0 radical (unpaired) electrons. The van der Waals surface area contributed by atoms with Gasteiger partial charge in [-0.3, -0.25) is 9.38 Å². The highest BCUT2D eigenvalue weighted by atomic mass is 16.6. The van der Waals surface area contributed by atoms with Crippen molar-refractivity contribution in [2.24, 2.45) is 0 Å². The van der Waals surface area contributed by atoms with Gasteiger partial charge in [-0.1, -0.05) is 78.9 Å². The Morgan fingerprint density at radius 3 is 2.38 bits per heavy atom. The Morgan fingerprint density at radius 2 is 1.60 bits per heavy atom. The summed E-state index contributed by atoms with van der Waals surface area (Å²) in [6.45, 7) is 1.45. The fraction of sp³-hybridized carbons (Fsp3) is 0.176. The number of anilines is 1. The summed E-state index contributed by atoms with van der Waals surface area (Å²) in [5.41, 5.74) is 13.0.